The number of aromatic hydroxyl groups is 1. The smallest absolute Gasteiger partial charge is 0.259 e. The van der Waals surface area contributed by atoms with Crippen molar-refractivity contribution in [1.82, 2.24) is 0 Å². The van der Waals surface area contributed by atoms with Gasteiger partial charge in [0.2, 0.25) is 0 Å². The fraction of sp³-hybridized carbons (Fsp3) is 0.0714. The van der Waals surface area contributed by atoms with Crippen molar-refractivity contribution in [3.63, 3.8) is 0 Å². The standard InChI is InChI=1S/C14H10BrCl2NO2/c1-7-4-8(15)5-10(13(7)19)14(20)18-12-3-2-9(16)6-11(12)17/h2-6,19H,1H3,(H,18,20). The highest BCUT2D eigenvalue weighted by Gasteiger charge is 2.15. The molecule has 0 aliphatic heterocycles. The average molecular weight is 375 g/mol. The number of carbonyl (C=O) groups excluding carboxylic acids is 1. The third kappa shape index (κ3) is 3.26. The van der Waals surface area contributed by atoms with E-state index < -0.39 is 5.91 Å². The molecule has 0 aliphatic rings. The summed E-state index contributed by atoms with van der Waals surface area (Å²) in [5.74, 6) is -0.507. The van der Waals surface area contributed by atoms with E-state index in [-0.39, 0.29) is 11.3 Å². The molecular weight excluding hydrogens is 365 g/mol. The van der Waals surface area contributed by atoms with Crippen LogP contribution in [0.1, 0.15) is 15.9 Å². The molecule has 0 unspecified atom stereocenters. The van der Waals surface area contributed by atoms with E-state index in [4.69, 9.17) is 23.2 Å². The van der Waals surface area contributed by atoms with E-state index >= 15 is 0 Å². The first-order chi connectivity index (χ1) is 9.38. The van der Waals surface area contributed by atoms with Gasteiger partial charge in [-0.1, -0.05) is 39.1 Å². The number of hydrogen-bond donors (Lipinski definition) is 2. The largest absolute Gasteiger partial charge is 0.507 e. The van der Waals surface area contributed by atoms with Gasteiger partial charge in [-0.15, -0.1) is 0 Å². The van der Waals surface area contributed by atoms with Gasteiger partial charge in [-0.05, 0) is 42.8 Å². The van der Waals surface area contributed by atoms with E-state index in [0.29, 0.717) is 25.8 Å². The number of amides is 1. The van der Waals surface area contributed by atoms with Crippen LogP contribution in [0.3, 0.4) is 0 Å². The molecule has 0 atom stereocenters. The Morgan fingerprint density at radius 2 is 1.95 bits per heavy atom. The Morgan fingerprint density at radius 1 is 1.25 bits per heavy atom. The lowest BCUT2D eigenvalue weighted by molar-refractivity contribution is 0.102. The topological polar surface area (TPSA) is 49.3 Å². The van der Waals surface area contributed by atoms with Crippen molar-refractivity contribution in [2.75, 3.05) is 5.32 Å². The second-order valence-corrected chi connectivity index (χ2v) is 5.96. The van der Waals surface area contributed by atoms with E-state index in [2.05, 4.69) is 21.2 Å². The molecule has 2 aromatic rings. The van der Waals surface area contributed by atoms with E-state index in [9.17, 15) is 9.90 Å². The van der Waals surface area contributed by atoms with Crippen molar-refractivity contribution in [2.45, 2.75) is 6.92 Å². The van der Waals surface area contributed by atoms with Crippen LogP contribution in [0.2, 0.25) is 10.0 Å². The fourth-order valence-electron chi connectivity index (χ4n) is 1.69. The second kappa shape index (κ2) is 6.04. The minimum Gasteiger partial charge on any atom is -0.507 e. The molecule has 3 nitrogen and oxygen atoms in total. The molecule has 2 rings (SSSR count). The summed E-state index contributed by atoms with van der Waals surface area (Å²) in [5, 5.41) is 13.4. The minimum absolute atomic E-state index is 0.0595. The molecule has 1 amide bonds. The third-order valence-electron chi connectivity index (χ3n) is 2.69. The zero-order valence-electron chi connectivity index (χ0n) is 10.4. The lowest BCUT2D eigenvalue weighted by atomic mass is 10.1. The fourth-order valence-corrected chi connectivity index (χ4v) is 2.72. The molecule has 104 valence electrons. The van der Waals surface area contributed by atoms with Gasteiger partial charge in [0.15, 0.2) is 0 Å². The molecule has 0 spiro atoms. The first kappa shape index (κ1) is 15.2. The Balaban J connectivity index is 2.33. The van der Waals surface area contributed by atoms with E-state index in [0.717, 1.165) is 0 Å². The highest BCUT2D eigenvalue weighted by molar-refractivity contribution is 9.10. The molecule has 6 heteroatoms. The van der Waals surface area contributed by atoms with Crippen LogP contribution in [0, 0.1) is 6.92 Å². The first-order valence-corrected chi connectivity index (χ1v) is 7.19. The number of hydrogen-bond acceptors (Lipinski definition) is 2. The maximum absolute atomic E-state index is 12.2. The number of phenols is 1. The van der Waals surface area contributed by atoms with E-state index in [1.807, 2.05) is 0 Å². The molecule has 0 aliphatic carbocycles. The third-order valence-corrected chi connectivity index (χ3v) is 3.69. The lowest BCUT2D eigenvalue weighted by Crippen LogP contribution is -2.13. The molecule has 20 heavy (non-hydrogen) atoms. The predicted octanol–water partition coefficient (Wildman–Crippen LogP) is 5.02. The summed E-state index contributed by atoms with van der Waals surface area (Å²) in [6.07, 6.45) is 0. The van der Waals surface area contributed by atoms with Gasteiger partial charge >= 0.3 is 0 Å². The summed E-state index contributed by atoms with van der Waals surface area (Å²) in [5.41, 5.74) is 1.20. The van der Waals surface area contributed by atoms with Gasteiger partial charge in [0.05, 0.1) is 16.3 Å². The van der Waals surface area contributed by atoms with Crippen molar-refractivity contribution < 1.29 is 9.90 Å². The van der Waals surface area contributed by atoms with Crippen LogP contribution >= 0.6 is 39.1 Å². The predicted molar refractivity (Wildman–Crippen MR) is 85.0 cm³/mol. The zero-order valence-corrected chi connectivity index (χ0v) is 13.5. The minimum atomic E-state index is -0.448. The lowest BCUT2D eigenvalue weighted by Gasteiger charge is -2.10. The Bertz CT molecular complexity index is 689. The van der Waals surface area contributed by atoms with Crippen LogP contribution in [0.25, 0.3) is 0 Å². The number of carbonyl (C=O) groups is 1. The van der Waals surface area contributed by atoms with Crippen molar-refractivity contribution >= 4 is 50.7 Å². The van der Waals surface area contributed by atoms with Crippen molar-refractivity contribution in [3.8, 4) is 5.75 Å². The Morgan fingerprint density at radius 3 is 2.60 bits per heavy atom. The van der Waals surface area contributed by atoms with Crippen molar-refractivity contribution in [1.29, 1.82) is 0 Å². The van der Waals surface area contributed by atoms with Gasteiger partial charge in [0.25, 0.3) is 5.91 Å². The Labute approximate surface area is 134 Å². The number of anilines is 1. The average Bonchev–Trinajstić information content (AvgIpc) is 2.37. The van der Waals surface area contributed by atoms with E-state index in [1.165, 1.54) is 6.07 Å². The highest BCUT2D eigenvalue weighted by atomic mass is 79.9. The molecule has 0 heterocycles. The molecule has 2 N–H and O–H groups in total. The van der Waals surface area contributed by atoms with Crippen LogP contribution in [-0.4, -0.2) is 11.0 Å². The molecular formula is C14H10BrCl2NO2. The van der Waals surface area contributed by atoms with Gasteiger partial charge in [0.1, 0.15) is 5.75 Å². The van der Waals surface area contributed by atoms with Gasteiger partial charge in [-0.25, -0.2) is 0 Å². The first-order valence-electron chi connectivity index (χ1n) is 5.64. The number of phenolic OH excluding ortho intramolecular Hbond substituents is 1. The Hall–Kier alpha value is -1.23. The van der Waals surface area contributed by atoms with Gasteiger partial charge in [-0.2, -0.15) is 0 Å². The van der Waals surface area contributed by atoms with Crippen LogP contribution in [0.15, 0.2) is 34.8 Å². The van der Waals surface area contributed by atoms with Crippen LogP contribution in [-0.2, 0) is 0 Å². The molecule has 0 saturated heterocycles. The zero-order chi connectivity index (χ0) is 14.9. The maximum Gasteiger partial charge on any atom is 0.259 e. The molecule has 0 radical (unpaired) electrons. The number of nitrogens with one attached hydrogen (secondary N) is 1. The normalized spacial score (nSPS) is 10.4. The summed E-state index contributed by atoms with van der Waals surface area (Å²) < 4.78 is 0.708. The van der Waals surface area contributed by atoms with Crippen LogP contribution < -0.4 is 5.32 Å². The SMILES string of the molecule is Cc1cc(Br)cc(C(=O)Nc2ccc(Cl)cc2Cl)c1O. The number of aryl methyl sites for hydroxylation is 1. The van der Waals surface area contributed by atoms with Gasteiger partial charge in [0, 0.05) is 9.50 Å². The number of halogens is 3. The van der Waals surface area contributed by atoms with Gasteiger partial charge in [-0.3, -0.25) is 4.79 Å². The van der Waals surface area contributed by atoms with Crippen LogP contribution in [0.5, 0.6) is 5.75 Å². The summed E-state index contributed by atoms with van der Waals surface area (Å²) >= 11 is 15.1. The molecule has 0 fully saturated rings. The quantitative estimate of drug-likeness (QED) is 0.775. The summed E-state index contributed by atoms with van der Waals surface area (Å²) in [7, 11) is 0. The molecule has 2 aromatic carbocycles. The summed E-state index contributed by atoms with van der Waals surface area (Å²) in [6, 6.07) is 8.02. The second-order valence-electron chi connectivity index (χ2n) is 4.20. The Kier molecular flexibility index (Phi) is 4.58. The monoisotopic (exact) mass is 373 g/mol. The van der Waals surface area contributed by atoms with Crippen LogP contribution in [0.4, 0.5) is 5.69 Å². The van der Waals surface area contributed by atoms with Gasteiger partial charge < -0.3 is 10.4 Å². The van der Waals surface area contributed by atoms with Crippen molar-refractivity contribution in [3.05, 3.63) is 56.0 Å². The van der Waals surface area contributed by atoms with Crippen molar-refractivity contribution in [2.24, 2.45) is 0 Å². The summed E-state index contributed by atoms with van der Waals surface area (Å²) in [6.45, 7) is 1.71. The number of rotatable bonds is 2. The molecule has 0 aromatic heterocycles. The number of benzene rings is 2. The molecule has 0 saturated carbocycles. The summed E-state index contributed by atoms with van der Waals surface area (Å²) in [4.78, 5) is 12.2. The maximum atomic E-state index is 12.2. The van der Waals surface area contributed by atoms with E-state index in [1.54, 1.807) is 31.2 Å². The molecule has 0 bridgehead atoms. The highest BCUT2D eigenvalue weighted by Crippen LogP contribution is 2.29.